The van der Waals surface area contributed by atoms with Crippen molar-refractivity contribution in [1.29, 1.82) is 5.26 Å². The molecule has 0 N–H and O–H groups in total. The molecule has 2 atom stereocenters. The van der Waals surface area contributed by atoms with Gasteiger partial charge in [-0.2, -0.15) is 5.26 Å². The second-order valence-corrected chi connectivity index (χ2v) is 6.76. The van der Waals surface area contributed by atoms with E-state index in [0.717, 1.165) is 6.42 Å². The number of esters is 1. The van der Waals surface area contributed by atoms with Crippen molar-refractivity contribution < 1.29 is 19.1 Å². The summed E-state index contributed by atoms with van der Waals surface area (Å²) in [7, 11) is 1.56. The van der Waals surface area contributed by atoms with Gasteiger partial charge in [-0.25, -0.2) is 4.79 Å². The van der Waals surface area contributed by atoms with Crippen LogP contribution in [-0.2, 0) is 14.3 Å². The Morgan fingerprint density at radius 3 is 2.38 bits per heavy atom. The van der Waals surface area contributed by atoms with Gasteiger partial charge in [0.2, 0.25) is 0 Å². The van der Waals surface area contributed by atoms with Crippen molar-refractivity contribution >= 4 is 18.0 Å². The number of rotatable bonds is 5. The molecular formula is C20H24N2O4. The van der Waals surface area contributed by atoms with Crippen LogP contribution < -0.4 is 4.74 Å². The van der Waals surface area contributed by atoms with Gasteiger partial charge in [0, 0.05) is 13.1 Å². The van der Waals surface area contributed by atoms with Crippen molar-refractivity contribution in [2.75, 3.05) is 26.8 Å². The Morgan fingerprint density at radius 1 is 1.23 bits per heavy atom. The molecule has 1 aliphatic heterocycles. The second kappa shape index (κ2) is 9.04. The summed E-state index contributed by atoms with van der Waals surface area (Å²) in [5.74, 6) is 0.526. The zero-order valence-corrected chi connectivity index (χ0v) is 15.4. The van der Waals surface area contributed by atoms with Gasteiger partial charge in [0.05, 0.1) is 7.11 Å². The largest absolute Gasteiger partial charge is 0.497 e. The molecule has 1 heterocycles. The van der Waals surface area contributed by atoms with Gasteiger partial charge in [0.15, 0.2) is 6.61 Å². The highest BCUT2D eigenvalue weighted by molar-refractivity contribution is 5.98. The van der Waals surface area contributed by atoms with Gasteiger partial charge in [0.25, 0.3) is 5.91 Å². The first-order valence-corrected chi connectivity index (χ1v) is 8.63. The topological polar surface area (TPSA) is 79.6 Å². The molecule has 26 heavy (non-hydrogen) atoms. The van der Waals surface area contributed by atoms with E-state index in [1.54, 1.807) is 36.3 Å². The third-order valence-electron chi connectivity index (χ3n) is 4.32. The molecule has 0 spiro atoms. The summed E-state index contributed by atoms with van der Waals surface area (Å²) in [6, 6.07) is 8.74. The molecule has 6 nitrogen and oxygen atoms in total. The molecule has 0 radical (unpaired) electrons. The van der Waals surface area contributed by atoms with Crippen LogP contribution >= 0.6 is 0 Å². The smallest absolute Gasteiger partial charge is 0.349 e. The van der Waals surface area contributed by atoms with E-state index in [0.29, 0.717) is 36.2 Å². The lowest BCUT2D eigenvalue weighted by molar-refractivity contribution is -0.149. The first-order chi connectivity index (χ1) is 12.4. The summed E-state index contributed by atoms with van der Waals surface area (Å²) < 4.78 is 10.1. The number of benzene rings is 1. The van der Waals surface area contributed by atoms with Gasteiger partial charge < -0.3 is 14.4 Å². The normalized spacial score (nSPS) is 20.2. The highest BCUT2D eigenvalue weighted by atomic mass is 16.5. The molecule has 138 valence electrons. The van der Waals surface area contributed by atoms with Gasteiger partial charge in [-0.1, -0.05) is 26.0 Å². The van der Waals surface area contributed by atoms with Crippen LogP contribution in [0.15, 0.2) is 29.8 Å². The molecule has 1 aliphatic rings. The Morgan fingerprint density at radius 2 is 1.85 bits per heavy atom. The van der Waals surface area contributed by atoms with E-state index in [2.05, 4.69) is 13.8 Å². The molecule has 0 aromatic heterocycles. The number of ether oxygens (including phenoxy) is 2. The number of piperidine rings is 1. The molecule has 0 saturated carbocycles. The number of hydrogen-bond acceptors (Lipinski definition) is 5. The molecule has 1 aromatic rings. The first kappa shape index (κ1) is 19.5. The van der Waals surface area contributed by atoms with Crippen molar-refractivity contribution in [3.63, 3.8) is 0 Å². The number of nitrogens with zero attached hydrogens (tertiary/aromatic N) is 2. The molecular weight excluding hydrogens is 332 g/mol. The molecule has 1 saturated heterocycles. The second-order valence-electron chi connectivity index (χ2n) is 6.76. The molecule has 0 unspecified atom stereocenters. The van der Waals surface area contributed by atoms with E-state index in [1.807, 2.05) is 6.07 Å². The van der Waals surface area contributed by atoms with E-state index in [1.165, 1.54) is 6.08 Å². The predicted molar refractivity (Wildman–Crippen MR) is 97.1 cm³/mol. The minimum absolute atomic E-state index is 0.150. The van der Waals surface area contributed by atoms with Crippen LogP contribution in [0.1, 0.15) is 25.8 Å². The quantitative estimate of drug-likeness (QED) is 0.460. The van der Waals surface area contributed by atoms with Crippen LogP contribution in [0.2, 0.25) is 0 Å². The van der Waals surface area contributed by atoms with Crippen LogP contribution in [0.3, 0.4) is 0 Å². The van der Waals surface area contributed by atoms with Crippen molar-refractivity contribution in [3.8, 4) is 11.8 Å². The van der Waals surface area contributed by atoms with Crippen molar-refractivity contribution in [3.05, 3.63) is 35.4 Å². The fourth-order valence-electron chi connectivity index (χ4n) is 3.17. The summed E-state index contributed by atoms with van der Waals surface area (Å²) in [6.07, 6.45) is 2.52. The number of methoxy groups -OCH3 is 1. The molecule has 1 amide bonds. The highest BCUT2D eigenvalue weighted by Gasteiger charge is 2.26. The molecule has 6 heteroatoms. The van der Waals surface area contributed by atoms with Crippen LogP contribution in [0.4, 0.5) is 0 Å². The van der Waals surface area contributed by atoms with E-state index < -0.39 is 5.97 Å². The number of likely N-dealkylation sites (tertiary alicyclic amines) is 1. The van der Waals surface area contributed by atoms with Gasteiger partial charge in [0.1, 0.15) is 17.4 Å². The Kier molecular flexibility index (Phi) is 6.79. The number of carbonyl (C=O) groups is 2. The van der Waals surface area contributed by atoms with E-state index >= 15 is 0 Å². The van der Waals surface area contributed by atoms with Crippen LogP contribution in [0.5, 0.6) is 5.75 Å². The fraction of sp³-hybridized carbons (Fsp3) is 0.450. The summed E-state index contributed by atoms with van der Waals surface area (Å²) in [5, 5.41) is 9.20. The van der Waals surface area contributed by atoms with Crippen LogP contribution in [-0.4, -0.2) is 43.6 Å². The summed E-state index contributed by atoms with van der Waals surface area (Å²) >= 11 is 0. The predicted octanol–water partition coefficient (Wildman–Crippen LogP) is 2.65. The fourth-order valence-corrected chi connectivity index (χ4v) is 3.17. The first-order valence-electron chi connectivity index (χ1n) is 8.63. The Balaban J connectivity index is 1.95. The van der Waals surface area contributed by atoms with Gasteiger partial charge >= 0.3 is 5.97 Å². The lowest BCUT2D eigenvalue weighted by Crippen LogP contribution is -2.44. The zero-order chi connectivity index (χ0) is 19.1. The molecule has 1 aromatic carbocycles. The number of hydrogen-bond donors (Lipinski definition) is 0. The summed E-state index contributed by atoms with van der Waals surface area (Å²) in [4.78, 5) is 26.1. The maximum atomic E-state index is 12.3. The standard InChI is InChI=1S/C20H24N2O4/c1-14-8-15(2)12-22(11-14)19(23)13-26-20(24)17(10-21)9-16-4-6-18(25-3)7-5-16/h4-7,9,14-15H,8,11-13H2,1-3H3/b17-9+/t14-,15-/m0/s1. The van der Waals surface area contributed by atoms with E-state index in [-0.39, 0.29) is 18.1 Å². The van der Waals surface area contributed by atoms with Crippen LogP contribution in [0, 0.1) is 23.2 Å². The minimum Gasteiger partial charge on any atom is -0.497 e. The third-order valence-corrected chi connectivity index (χ3v) is 4.32. The molecule has 0 aliphatic carbocycles. The highest BCUT2D eigenvalue weighted by Crippen LogP contribution is 2.21. The monoisotopic (exact) mass is 356 g/mol. The average molecular weight is 356 g/mol. The maximum absolute atomic E-state index is 12.3. The van der Waals surface area contributed by atoms with Gasteiger partial charge in [-0.15, -0.1) is 0 Å². The zero-order valence-electron chi connectivity index (χ0n) is 15.4. The van der Waals surface area contributed by atoms with E-state index in [4.69, 9.17) is 9.47 Å². The lowest BCUT2D eigenvalue weighted by Gasteiger charge is -2.34. The summed E-state index contributed by atoms with van der Waals surface area (Å²) in [6.45, 7) is 5.21. The minimum atomic E-state index is -0.797. The molecule has 2 rings (SSSR count). The van der Waals surface area contributed by atoms with Gasteiger partial charge in [-0.05, 0) is 42.0 Å². The van der Waals surface area contributed by atoms with Crippen molar-refractivity contribution in [1.82, 2.24) is 4.90 Å². The number of amides is 1. The average Bonchev–Trinajstić information content (AvgIpc) is 2.63. The SMILES string of the molecule is COc1ccc(/C=C(\C#N)C(=O)OCC(=O)N2C[C@@H](C)C[C@H](C)C2)cc1. The Bertz CT molecular complexity index is 708. The maximum Gasteiger partial charge on any atom is 0.349 e. The number of carbonyl (C=O) groups excluding carboxylic acids is 2. The van der Waals surface area contributed by atoms with Crippen LogP contribution in [0.25, 0.3) is 6.08 Å². The summed E-state index contributed by atoms with van der Waals surface area (Å²) in [5.41, 5.74) is 0.521. The van der Waals surface area contributed by atoms with E-state index in [9.17, 15) is 14.9 Å². The molecule has 1 fully saturated rings. The van der Waals surface area contributed by atoms with Crippen molar-refractivity contribution in [2.45, 2.75) is 20.3 Å². The van der Waals surface area contributed by atoms with Crippen molar-refractivity contribution in [2.24, 2.45) is 11.8 Å². The Labute approximate surface area is 154 Å². The Hall–Kier alpha value is -2.81. The van der Waals surface area contributed by atoms with Gasteiger partial charge in [-0.3, -0.25) is 4.79 Å². The lowest BCUT2D eigenvalue weighted by atomic mass is 9.92. The molecule has 0 bridgehead atoms. The third kappa shape index (κ3) is 5.35. The number of nitriles is 1.